The molecule has 1 N–H and O–H groups in total. The summed E-state index contributed by atoms with van der Waals surface area (Å²) >= 11 is 1.35. The van der Waals surface area contributed by atoms with Crippen LogP contribution in [0.25, 0.3) is 0 Å². The van der Waals surface area contributed by atoms with Gasteiger partial charge in [-0.25, -0.2) is 9.97 Å². The molecule has 0 spiro atoms. The molecule has 0 bridgehead atoms. The molecule has 0 unspecified atom stereocenters. The van der Waals surface area contributed by atoms with E-state index in [4.69, 9.17) is 0 Å². The molecule has 0 aliphatic heterocycles. The lowest BCUT2D eigenvalue weighted by Gasteiger charge is -2.20. The van der Waals surface area contributed by atoms with Crippen LogP contribution in [0.15, 0.2) is 41.8 Å². The average Bonchev–Trinajstić information content (AvgIpc) is 2.60. The quantitative estimate of drug-likeness (QED) is 0.676. The van der Waals surface area contributed by atoms with Crippen LogP contribution in [0.5, 0.6) is 0 Å². The molecule has 23 heavy (non-hydrogen) atoms. The lowest BCUT2D eigenvalue weighted by atomic mass is 9.89. The Morgan fingerprint density at radius 3 is 2.74 bits per heavy atom. The van der Waals surface area contributed by atoms with Gasteiger partial charge in [0.2, 0.25) is 5.91 Å². The molecule has 4 nitrogen and oxygen atoms in total. The first kappa shape index (κ1) is 16.0. The fourth-order valence-electron chi connectivity index (χ4n) is 2.88. The van der Waals surface area contributed by atoms with Crippen molar-refractivity contribution in [3.8, 4) is 0 Å². The van der Waals surface area contributed by atoms with Crippen molar-refractivity contribution in [1.29, 1.82) is 0 Å². The first-order valence-electron chi connectivity index (χ1n) is 8.03. The van der Waals surface area contributed by atoms with E-state index in [1.54, 1.807) is 18.5 Å². The summed E-state index contributed by atoms with van der Waals surface area (Å²) in [5, 5.41) is 3.69. The summed E-state index contributed by atoms with van der Waals surface area (Å²) in [6.07, 6.45) is 8.27. The van der Waals surface area contributed by atoms with E-state index in [0.717, 1.165) is 6.42 Å². The van der Waals surface area contributed by atoms with Gasteiger partial charge in [-0.15, -0.1) is 0 Å². The maximum absolute atomic E-state index is 12.1. The fraction of sp³-hybridized carbons (Fsp3) is 0.389. The molecule has 3 rings (SSSR count). The van der Waals surface area contributed by atoms with Crippen LogP contribution in [0.1, 0.15) is 42.5 Å². The summed E-state index contributed by atoms with van der Waals surface area (Å²) in [4.78, 5) is 20.3. The number of hydrogen-bond acceptors (Lipinski definition) is 4. The van der Waals surface area contributed by atoms with Crippen LogP contribution >= 0.6 is 11.8 Å². The highest BCUT2D eigenvalue weighted by atomic mass is 32.2. The third kappa shape index (κ3) is 4.32. The number of aromatic nitrogens is 2. The highest BCUT2D eigenvalue weighted by Crippen LogP contribution is 2.24. The average molecular weight is 327 g/mol. The highest BCUT2D eigenvalue weighted by Gasteiger charge is 2.14. The lowest BCUT2D eigenvalue weighted by molar-refractivity contribution is -0.119. The molecular formula is C18H21N3OS. The molecule has 0 fully saturated rings. The van der Waals surface area contributed by atoms with Gasteiger partial charge in [0.25, 0.3) is 0 Å². The van der Waals surface area contributed by atoms with E-state index < -0.39 is 0 Å². The van der Waals surface area contributed by atoms with Crippen molar-refractivity contribution in [2.75, 3.05) is 5.75 Å². The smallest absolute Gasteiger partial charge is 0.230 e. The number of aryl methyl sites for hydroxylation is 2. The minimum atomic E-state index is 0.00711. The molecule has 1 aliphatic rings. The predicted molar refractivity (Wildman–Crippen MR) is 92.4 cm³/mol. The molecule has 0 saturated carbocycles. The molecule has 1 aromatic heterocycles. The highest BCUT2D eigenvalue weighted by molar-refractivity contribution is 7.99. The van der Waals surface area contributed by atoms with E-state index >= 15 is 0 Å². The lowest BCUT2D eigenvalue weighted by Crippen LogP contribution is -2.28. The van der Waals surface area contributed by atoms with Crippen molar-refractivity contribution in [3.05, 3.63) is 53.3 Å². The van der Waals surface area contributed by atoms with Crippen LogP contribution in [0.4, 0.5) is 0 Å². The molecule has 0 saturated heterocycles. The zero-order valence-corrected chi connectivity index (χ0v) is 14.1. The van der Waals surface area contributed by atoms with Gasteiger partial charge in [0, 0.05) is 12.4 Å². The summed E-state index contributed by atoms with van der Waals surface area (Å²) in [6, 6.07) is 8.41. The largest absolute Gasteiger partial charge is 0.349 e. The summed E-state index contributed by atoms with van der Waals surface area (Å²) < 4.78 is 0. The van der Waals surface area contributed by atoms with E-state index in [2.05, 4.69) is 33.5 Å². The molecule has 5 heteroatoms. The number of fused-ring (bicyclic) bond motifs is 1. The Morgan fingerprint density at radius 1 is 1.22 bits per heavy atom. The van der Waals surface area contributed by atoms with E-state index in [1.165, 1.54) is 47.7 Å². The second-order valence-corrected chi connectivity index (χ2v) is 6.79. The zero-order valence-electron chi connectivity index (χ0n) is 13.3. The van der Waals surface area contributed by atoms with Crippen molar-refractivity contribution in [2.24, 2.45) is 0 Å². The van der Waals surface area contributed by atoms with Gasteiger partial charge in [-0.2, -0.15) is 0 Å². The molecular weight excluding hydrogens is 306 g/mol. The number of hydrogen-bond donors (Lipinski definition) is 1. The third-order valence-corrected chi connectivity index (χ3v) is 5.00. The van der Waals surface area contributed by atoms with Gasteiger partial charge in [-0.1, -0.05) is 30.0 Å². The van der Waals surface area contributed by atoms with Crippen molar-refractivity contribution < 1.29 is 4.79 Å². The first-order chi connectivity index (χ1) is 11.2. The van der Waals surface area contributed by atoms with Crippen LogP contribution in [-0.4, -0.2) is 21.6 Å². The predicted octanol–water partition coefficient (Wildman–Crippen LogP) is 3.32. The van der Waals surface area contributed by atoms with Gasteiger partial charge < -0.3 is 5.32 Å². The summed E-state index contributed by atoms with van der Waals surface area (Å²) in [7, 11) is 0. The zero-order chi connectivity index (χ0) is 16.1. The summed E-state index contributed by atoms with van der Waals surface area (Å²) in [5.41, 5.74) is 4.09. The SMILES string of the molecule is C[C@H](NC(=O)CSc1ncccn1)c1ccc2c(c1)CCCC2. The number of thioether (sulfide) groups is 1. The number of rotatable bonds is 5. The Morgan fingerprint density at radius 2 is 1.96 bits per heavy atom. The van der Waals surface area contributed by atoms with Gasteiger partial charge in [0.15, 0.2) is 5.16 Å². The molecule has 1 aliphatic carbocycles. The van der Waals surface area contributed by atoms with Crippen LogP contribution in [0.3, 0.4) is 0 Å². The molecule has 0 radical (unpaired) electrons. The van der Waals surface area contributed by atoms with Gasteiger partial charge in [-0.3, -0.25) is 4.79 Å². The number of nitrogens with one attached hydrogen (secondary N) is 1. The Hall–Kier alpha value is -1.88. The third-order valence-electron chi connectivity index (χ3n) is 4.12. The fourth-order valence-corrected chi connectivity index (χ4v) is 3.49. The number of nitrogens with zero attached hydrogens (tertiary/aromatic N) is 2. The molecule has 1 aromatic carbocycles. The van der Waals surface area contributed by atoms with Crippen LogP contribution < -0.4 is 5.32 Å². The molecule has 1 atom stereocenters. The molecule has 2 aromatic rings. The standard InChI is InChI=1S/C18H21N3OS/c1-13(15-8-7-14-5-2-3-6-16(14)11-15)21-17(22)12-23-18-19-9-4-10-20-18/h4,7-11,13H,2-3,5-6,12H2,1H3,(H,21,22)/t13-/m0/s1. The minimum absolute atomic E-state index is 0.00711. The van der Waals surface area contributed by atoms with Gasteiger partial charge >= 0.3 is 0 Å². The molecule has 120 valence electrons. The summed E-state index contributed by atoms with van der Waals surface area (Å²) in [6.45, 7) is 2.03. The Balaban J connectivity index is 1.56. The Kier molecular flexibility index (Phi) is 5.28. The molecule has 1 amide bonds. The van der Waals surface area contributed by atoms with Crippen molar-refractivity contribution in [3.63, 3.8) is 0 Å². The number of carbonyl (C=O) groups is 1. The van der Waals surface area contributed by atoms with Crippen LogP contribution in [0.2, 0.25) is 0 Å². The van der Waals surface area contributed by atoms with Crippen molar-refractivity contribution in [2.45, 2.75) is 43.8 Å². The summed E-state index contributed by atoms with van der Waals surface area (Å²) in [5.74, 6) is 0.340. The number of carbonyl (C=O) groups excluding carboxylic acids is 1. The van der Waals surface area contributed by atoms with Crippen LogP contribution in [-0.2, 0) is 17.6 Å². The van der Waals surface area contributed by atoms with E-state index in [9.17, 15) is 4.79 Å². The second-order valence-electron chi connectivity index (χ2n) is 5.84. The van der Waals surface area contributed by atoms with Gasteiger partial charge in [0.1, 0.15) is 0 Å². The Labute approximate surface area is 141 Å². The molecule has 1 heterocycles. The van der Waals surface area contributed by atoms with Gasteiger partial charge in [0.05, 0.1) is 11.8 Å². The van der Waals surface area contributed by atoms with E-state index in [-0.39, 0.29) is 11.9 Å². The van der Waals surface area contributed by atoms with Gasteiger partial charge in [-0.05, 0) is 55.4 Å². The van der Waals surface area contributed by atoms with Crippen LogP contribution in [0, 0.1) is 0 Å². The number of benzene rings is 1. The maximum Gasteiger partial charge on any atom is 0.230 e. The number of amides is 1. The minimum Gasteiger partial charge on any atom is -0.349 e. The van der Waals surface area contributed by atoms with E-state index in [1.807, 2.05) is 6.92 Å². The topological polar surface area (TPSA) is 54.9 Å². The van der Waals surface area contributed by atoms with E-state index in [0.29, 0.717) is 10.9 Å². The normalized spacial score (nSPS) is 14.8. The van der Waals surface area contributed by atoms with Crippen molar-refractivity contribution >= 4 is 17.7 Å². The monoisotopic (exact) mass is 327 g/mol. The maximum atomic E-state index is 12.1. The second kappa shape index (κ2) is 7.59. The first-order valence-corrected chi connectivity index (χ1v) is 9.02. The Bertz CT molecular complexity index is 675. The van der Waals surface area contributed by atoms with Crippen molar-refractivity contribution in [1.82, 2.24) is 15.3 Å².